The van der Waals surface area contributed by atoms with Crippen LogP contribution < -0.4 is 0 Å². The van der Waals surface area contributed by atoms with E-state index >= 15 is 0 Å². The Bertz CT molecular complexity index is 337. The fourth-order valence-corrected chi connectivity index (χ4v) is 5.03. The standard InChI is InChI=1S/C17H31NS3/c1-4-5-6-7-8-9-10-11-12-13-14-20-16-18-17(2,3)15(19)21-16/h4-14H2,1-3H3. The number of thioether (sulfide) groups is 2. The number of rotatable bonds is 11. The van der Waals surface area contributed by atoms with E-state index < -0.39 is 0 Å². The van der Waals surface area contributed by atoms with Gasteiger partial charge in [0.2, 0.25) is 0 Å². The van der Waals surface area contributed by atoms with Crippen molar-refractivity contribution in [2.75, 3.05) is 5.75 Å². The summed E-state index contributed by atoms with van der Waals surface area (Å²) in [5.74, 6) is 1.20. The molecule has 0 atom stereocenters. The normalized spacial score (nSPS) is 17.3. The Morgan fingerprint density at radius 3 is 1.95 bits per heavy atom. The number of hydrogen-bond donors (Lipinski definition) is 0. The van der Waals surface area contributed by atoms with Crippen molar-refractivity contribution in [2.45, 2.75) is 90.5 Å². The molecule has 0 saturated carbocycles. The second-order valence-electron chi connectivity index (χ2n) is 6.36. The smallest absolute Gasteiger partial charge is 0.130 e. The van der Waals surface area contributed by atoms with Gasteiger partial charge in [-0.3, -0.25) is 4.99 Å². The van der Waals surface area contributed by atoms with E-state index in [1.54, 1.807) is 11.8 Å². The molecule has 0 radical (unpaired) electrons. The number of aliphatic imine (C=N–C) groups is 1. The van der Waals surface area contributed by atoms with Gasteiger partial charge in [0.1, 0.15) is 4.38 Å². The highest BCUT2D eigenvalue weighted by Gasteiger charge is 2.31. The van der Waals surface area contributed by atoms with Crippen molar-refractivity contribution in [3.05, 3.63) is 0 Å². The molecule has 0 fully saturated rings. The second-order valence-corrected chi connectivity index (χ2v) is 9.36. The zero-order valence-corrected chi connectivity index (χ0v) is 16.4. The fourth-order valence-electron chi connectivity index (χ4n) is 2.31. The zero-order valence-electron chi connectivity index (χ0n) is 14.0. The molecule has 0 aromatic rings. The average Bonchev–Trinajstić information content (AvgIpc) is 2.69. The van der Waals surface area contributed by atoms with Crippen LogP contribution in [0.3, 0.4) is 0 Å². The Hall–Kier alpha value is 0.460. The van der Waals surface area contributed by atoms with Crippen LogP contribution in [0.2, 0.25) is 0 Å². The minimum atomic E-state index is -0.125. The Balaban J connectivity index is 1.89. The molecule has 0 bridgehead atoms. The minimum Gasteiger partial charge on any atom is -0.259 e. The lowest BCUT2D eigenvalue weighted by atomic mass is 10.1. The number of nitrogens with zero attached hydrogens (tertiary/aromatic N) is 1. The van der Waals surface area contributed by atoms with Crippen LogP contribution in [0.4, 0.5) is 0 Å². The number of thiocarbonyl (C=S) groups is 1. The topological polar surface area (TPSA) is 12.4 Å². The summed E-state index contributed by atoms with van der Waals surface area (Å²) in [6, 6.07) is 0. The van der Waals surface area contributed by atoms with Crippen molar-refractivity contribution in [3.63, 3.8) is 0 Å². The van der Waals surface area contributed by atoms with Gasteiger partial charge in [0.15, 0.2) is 0 Å². The van der Waals surface area contributed by atoms with Gasteiger partial charge in [0.25, 0.3) is 0 Å². The molecule has 0 amide bonds. The van der Waals surface area contributed by atoms with E-state index in [2.05, 4.69) is 25.8 Å². The summed E-state index contributed by atoms with van der Waals surface area (Å²) >= 11 is 8.95. The van der Waals surface area contributed by atoms with Gasteiger partial charge in [-0.15, -0.1) is 0 Å². The molecule has 21 heavy (non-hydrogen) atoms. The van der Waals surface area contributed by atoms with Crippen LogP contribution in [0.25, 0.3) is 0 Å². The highest BCUT2D eigenvalue weighted by Crippen LogP contribution is 2.35. The van der Waals surface area contributed by atoms with Crippen molar-refractivity contribution >= 4 is 44.3 Å². The van der Waals surface area contributed by atoms with Gasteiger partial charge in [0, 0.05) is 5.75 Å². The van der Waals surface area contributed by atoms with Crippen molar-refractivity contribution in [1.82, 2.24) is 0 Å². The third kappa shape index (κ3) is 8.61. The van der Waals surface area contributed by atoms with E-state index in [-0.39, 0.29) is 5.54 Å². The Kier molecular flexibility index (Phi) is 10.3. The van der Waals surface area contributed by atoms with Crippen LogP contribution in [0.5, 0.6) is 0 Å². The molecular weight excluding hydrogens is 314 g/mol. The first kappa shape index (κ1) is 19.5. The van der Waals surface area contributed by atoms with Crippen molar-refractivity contribution in [1.29, 1.82) is 0 Å². The van der Waals surface area contributed by atoms with Gasteiger partial charge in [0.05, 0.1) is 9.74 Å². The molecule has 1 aliphatic heterocycles. The number of hydrogen-bond acceptors (Lipinski definition) is 4. The lowest BCUT2D eigenvalue weighted by molar-refractivity contribution is 0.563. The van der Waals surface area contributed by atoms with E-state index in [0.29, 0.717) is 0 Å². The van der Waals surface area contributed by atoms with Crippen LogP contribution in [0.15, 0.2) is 4.99 Å². The molecule has 4 heteroatoms. The summed E-state index contributed by atoms with van der Waals surface area (Å²) in [7, 11) is 0. The minimum absolute atomic E-state index is 0.125. The molecule has 1 rings (SSSR count). The third-order valence-electron chi connectivity index (χ3n) is 3.77. The molecule has 1 nitrogen and oxygen atoms in total. The summed E-state index contributed by atoms with van der Waals surface area (Å²) in [4.78, 5) is 4.69. The molecule has 0 spiro atoms. The van der Waals surface area contributed by atoms with E-state index in [9.17, 15) is 0 Å². The molecule has 0 aromatic heterocycles. The predicted molar refractivity (Wildman–Crippen MR) is 106 cm³/mol. The maximum absolute atomic E-state index is 5.35. The third-order valence-corrected chi connectivity index (χ3v) is 6.91. The SMILES string of the molecule is CCCCCCCCCCCCSC1=NC(C)(C)C(=S)S1. The van der Waals surface area contributed by atoms with Gasteiger partial charge in [-0.05, 0) is 20.3 Å². The first-order valence-electron chi connectivity index (χ1n) is 8.51. The van der Waals surface area contributed by atoms with Gasteiger partial charge in [-0.25, -0.2) is 0 Å². The Morgan fingerprint density at radius 2 is 1.48 bits per heavy atom. The maximum atomic E-state index is 5.35. The summed E-state index contributed by atoms with van der Waals surface area (Å²) in [6.07, 6.45) is 14.0. The first-order chi connectivity index (χ1) is 10.1. The summed E-state index contributed by atoms with van der Waals surface area (Å²) in [5.41, 5.74) is -0.125. The Labute approximate surface area is 145 Å². The molecule has 0 aromatic carbocycles. The van der Waals surface area contributed by atoms with Crippen LogP contribution in [0.1, 0.15) is 85.0 Å². The Morgan fingerprint density at radius 1 is 0.952 bits per heavy atom. The van der Waals surface area contributed by atoms with Crippen LogP contribution >= 0.6 is 35.7 Å². The lowest BCUT2D eigenvalue weighted by Gasteiger charge is -2.10. The van der Waals surface area contributed by atoms with Crippen LogP contribution in [-0.2, 0) is 0 Å². The number of unbranched alkanes of at least 4 members (excludes halogenated alkanes) is 9. The van der Waals surface area contributed by atoms with E-state index in [4.69, 9.17) is 12.2 Å². The molecule has 1 aliphatic rings. The van der Waals surface area contributed by atoms with Crippen LogP contribution in [-0.4, -0.2) is 19.9 Å². The molecular formula is C17H31NS3. The highest BCUT2D eigenvalue weighted by molar-refractivity contribution is 8.48. The van der Waals surface area contributed by atoms with E-state index in [1.807, 2.05) is 11.8 Å². The zero-order chi connectivity index (χ0) is 15.6. The van der Waals surface area contributed by atoms with Gasteiger partial charge in [-0.2, -0.15) is 0 Å². The second kappa shape index (κ2) is 11.1. The molecule has 0 unspecified atom stereocenters. The van der Waals surface area contributed by atoms with E-state index in [0.717, 1.165) is 4.20 Å². The average molecular weight is 346 g/mol. The summed E-state index contributed by atoms with van der Waals surface area (Å²) in [6.45, 7) is 6.50. The molecule has 0 saturated heterocycles. The van der Waals surface area contributed by atoms with Crippen LogP contribution in [0, 0.1) is 0 Å². The van der Waals surface area contributed by atoms with Crippen molar-refractivity contribution < 1.29 is 0 Å². The molecule has 0 N–H and O–H groups in total. The van der Waals surface area contributed by atoms with Gasteiger partial charge in [-0.1, -0.05) is 100 Å². The summed E-state index contributed by atoms with van der Waals surface area (Å²) in [5, 5.41) is 0. The highest BCUT2D eigenvalue weighted by atomic mass is 32.2. The van der Waals surface area contributed by atoms with Crippen molar-refractivity contribution in [2.24, 2.45) is 4.99 Å². The molecule has 122 valence electrons. The largest absolute Gasteiger partial charge is 0.259 e. The predicted octanol–water partition coefficient (Wildman–Crippen LogP) is 6.85. The molecule has 0 aliphatic carbocycles. The van der Waals surface area contributed by atoms with Gasteiger partial charge < -0.3 is 0 Å². The monoisotopic (exact) mass is 345 g/mol. The first-order valence-corrected chi connectivity index (χ1v) is 10.7. The molecule has 1 heterocycles. The van der Waals surface area contributed by atoms with E-state index in [1.165, 1.54) is 74.3 Å². The van der Waals surface area contributed by atoms with Crippen molar-refractivity contribution in [3.8, 4) is 0 Å². The fraction of sp³-hybridized carbons (Fsp3) is 0.882. The maximum Gasteiger partial charge on any atom is 0.130 e. The summed E-state index contributed by atoms with van der Waals surface area (Å²) < 4.78 is 2.20. The quantitative estimate of drug-likeness (QED) is 0.300. The lowest BCUT2D eigenvalue weighted by Crippen LogP contribution is -2.20. The van der Waals surface area contributed by atoms with Gasteiger partial charge >= 0.3 is 0 Å².